The Bertz CT molecular complexity index is 578. The molecule has 3 heteroatoms. The van der Waals surface area contributed by atoms with E-state index in [1.165, 1.54) is 5.56 Å². The minimum absolute atomic E-state index is 0.191. The summed E-state index contributed by atoms with van der Waals surface area (Å²) in [6, 6.07) is 14.2. The SMILES string of the molecule is COc1ccc(Br)cc1C(N)c1ccc(C(C)C)cc1. The van der Waals surface area contributed by atoms with Gasteiger partial charge in [-0.3, -0.25) is 0 Å². The van der Waals surface area contributed by atoms with Gasteiger partial charge in [0.1, 0.15) is 5.75 Å². The molecule has 2 rings (SSSR count). The number of rotatable bonds is 4. The molecule has 0 heterocycles. The van der Waals surface area contributed by atoms with Crippen molar-refractivity contribution in [3.8, 4) is 5.75 Å². The van der Waals surface area contributed by atoms with Gasteiger partial charge < -0.3 is 10.5 Å². The fraction of sp³-hybridized carbons (Fsp3) is 0.294. The Morgan fingerprint density at radius 1 is 1.00 bits per heavy atom. The second-order valence-electron chi connectivity index (χ2n) is 5.19. The molecule has 0 fully saturated rings. The van der Waals surface area contributed by atoms with Crippen LogP contribution in [0.5, 0.6) is 5.75 Å². The van der Waals surface area contributed by atoms with Crippen LogP contribution in [-0.2, 0) is 0 Å². The van der Waals surface area contributed by atoms with E-state index in [4.69, 9.17) is 10.5 Å². The van der Waals surface area contributed by atoms with Gasteiger partial charge >= 0.3 is 0 Å². The fourth-order valence-electron chi connectivity index (χ4n) is 2.22. The molecular formula is C17H20BrNO. The Labute approximate surface area is 129 Å². The van der Waals surface area contributed by atoms with Gasteiger partial charge in [-0.05, 0) is 35.2 Å². The van der Waals surface area contributed by atoms with Crippen LogP contribution in [0.2, 0.25) is 0 Å². The van der Waals surface area contributed by atoms with E-state index in [0.29, 0.717) is 5.92 Å². The Hall–Kier alpha value is -1.32. The van der Waals surface area contributed by atoms with E-state index in [0.717, 1.165) is 21.3 Å². The molecule has 0 radical (unpaired) electrons. The largest absolute Gasteiger partial charge is 0.496 e. The number of nitrogens with two attached hydrogens (primary N) is 1. The molecule has 0 aliphatic rings. The third-order valence-electron chi connectivity index (χ3n) is 3.49. The lowest BCUT2D eigenvalue weighted by Gasteiger charge is -2.17. The van der Waals surface area contributed by atoms with E-state index in [1.54, 1.807) is 7.11 Å². The van der Waals surface area contributed by atoms with Crippen molar-refractivity contribution in [1.29, 1.82) is 0 Å². The predicted molar refractivity (Wildman–Crippen MR) is 87.3 cm³/mol. The van der Waals surface area contributed by atoms with Crippen molar-refractivity contribution in [3.63, 3.8) is 0 Å². The van der Waals surface area contributed by atoms with E-state index in [9.17, 15) is 0 Å². The number of methoxy groups -OCH3 is 1. The lowest BCUT2D eigenvalue weighted by Crippen LogP contribution is -2.13. The number of hydrogen-bond donors (Lipinski definition) is 1. The van der Waals surface area contributed by atoms with Crippen LogP contribution in [0.15, 0.2) is 46.9 Å². The van der Waals surface area contributed by atoms with Crippen LogP contribution in [0, 0.1) is 0 Å². The first-order chi connectivity index (χ1) is 9.52. The van der Waals surface area contributed by atoms with Gasteiger partial charge in [0.25, 0.3) is 0 Å². The van der Waals surface area contributed by atoms with Crippen molar-refractivity contribution in [3.05, 3.63) is 63.6 Å². The van der Waals surface area contributed by atoms with Gasteiger partial charge in [-0.15, -0.1) is 0 Å². The van der Waals surface area contributed by atoms with E-state index < -0.39 is 0 Å². The summed E-state index contributed by atoms with van der Waals surface area (Å²) in [5, 5.41) is 0. The summed E-state index contributed by atoms with van der Waals surface area (Å²) in [5.74, 6) is 1.34. The zero-order valence-corrected chi connectivity index (χ0v) is 13.6. The van der Waals surface area contributed by atoms with Gasteiger partial charge in [-0.25, -0.2) is 0 Å². The van der Waals surface area contributed by atoms with Gasteiger partial charge in [0.05, 0.1) is 13.2 Å². The summed E-state index contributed by atoms with van der Waals surface area (Å²) in [7, 11) is 1.67. The van der Waals surface area contributed by atoms with Crippen LogP contribution in [0.1, 0.15) is 42.5 Å². The molecular weight excluding hydrogens is 314 g/mol. The van der Waals surface area contributed by atoms with Crippen molar-refractivity contribution in [2.24, 2.45) is 5.73 Å². The molecule has 2 N–H and O–H groups in total. The Morgan fingerprint density at radius 3 is 2.15 bits per heavy atom. The summed E-state index contributed by atoms with van der Waals surface area (Å²) < 4.78 is 6.41. The van der Waals surface area contributed by atoms with Crippen LogP contribution in [0.4, 0.5) is 0 Å². The summed E-state index contributed by atoms with van der Waals surface area (Å²) in [6.45, 7) is 4.37. The zero-order chi connectivity index (χ0) is 14.7. The highest BCUT2D eigenvalue weighted by atomic mass is 79.9. The Kier molecular flexibility index (Phi) is 4.84. The molecule has 0 aliphatic carbocycles. The molecule has 1 unspecified atom stereocenters. The van der Waals surface area contributed by atoms with E-state index in [2.05, 4.69) is 54.0 Å². The highest BCUT2D eigenvalue weighted by Crippen LogP contribution is 2.31. The van der Waals surface area contributed by atoms with Gasteiger partial charge in [0.2, 0.25) is 0 Å². The summed E-state index contributed by atoms with van der Waals surface area (Å²) in [6.07, 6.45) is 0. The van der Waals surface area contributed by atoms with Crippen molar-refractivity contribution in [2.45, 2.75) is 25.8 Å². The van der Waals surface area contributed by atoms with Gasteiger partial charge in [-0.2, -0.15) is 0 Å². The first-order valence-electron chi connectivity index (χ1n) is 6.71. The van der Waals surface area contributed by atoms with Crippen LogP contribution in [0.25, 0.3) is 0 Å². The van der Waals surface area contributed by atoms with Crippen LogP contribution in [0.3, 0.4) is 0 Å². The minimum atomic E-state index is -0.191. The normalized spacial score (nSPS) is 12.5. The third-order valence-corrected chi connectivity index (χ3v) is 3.98. The zero-order valence-electron chi connectivity index (χ0n) is 12.1. The number of ether oxygens (including phenoxy) is 1. The second-order valence-corrected chi connectivity index (χ2v) is 6.10. The number of benzene rings is 2. The van der Waals surface area contributed by atoms with Gasteiger partial charge in [-0.1, -0.05) is 54.0 Å². The topological polar surface area (TPSA) is 35.2 Å². The maximum Gasteiger partial charge on any atom is 0.124 e. The van der Waals surface area contributed by atoms with Gasteiger partial charge in [0, 0.05) is 10.0 Å². The van der Waals surface area contributed by atoms with Crippen LogP contribution in [-0.4, -0.2) is 7.11 Å². The molecule has 106 valence electrons. The molecule has 0 aromatic heterocycles. The molecule has 0 bridgehead atoms. The predicted octanol–water partition coefficient (Wildman–Crippen LogP) is 4.63. The van der Waals surface area contributed by atoms with Crippen molar-refractivity contribution in [2.75, 3.05) is 7.11 Å². The molecule has 2 aromatic carbocycles. The smallest absolute Gasteiger partial charge is 0.124 e. The first kappa shape index (κ1) is 15.1. The molecule has 20 heavy (non-hydrogen) atoms. The van der Waals surface area contributed by atoms with Crippen molar-refractivity contribution in [1.82, 2.24) is 0 Å². The van der Waals surface area contributed by atoms with E-state index in [1.807, 2.05) is 18.2 Å². The molecule has 1 atom stereocenters. The molecule has 2 aromatic rings. The lowest BCUT2D eigenvalue weighted by atomic mass is 9.95. The molecule has 0 amide bonds. The van der Waals surface area contributed by atoms with Crippen LogP contribution >= 0.6 is 15.9 Å². The fourth-order valence-corrected chi connectivity index (χ4v) is 2.59. The highest BCUT2D eigenvalue weighted by molar-refractivity contribution is 9.10. The first-order valence-corrected chi connectivity index (χ1v) is 7.51. The molecule has 0 saturated heterocycles. The summed E-state index contributed by atoms with van der Waals surface area (Å²) >= 11 is 3.49. The van der Waals surface area contributed by atoms with E-state index in [-0.39, 0.29) is 6.04 Å². The molecule has 2 nitrogen and oxygen atoms in total. The lowest BCUT2D eigenvalue weighted by molar-refractivity contribution is 0.407. The maximum atomic E-state index is 6.39. The second kappa shape index (κ2) is 6.42. The van der Waals surface area contributed by atoms with E-state index >= 15 is 0 Å². The summed E-state index contributed by atoms with van der Waals surface area (Å²) in [4.78, 5) is 0. The average molecular weight is 334 g/mol. The summed E-state index contributed by atoms with van der Waals surface area (Å²) in [5.41, 5.74) is 9.78. The Morgan fingerprint density at radius 2 is 1.60 bits per heavy atom. The maximum absolute atomic E-state index is 6.39. The Balaban J connectivity index is 2.35. The van der Waals surface area contributed by atoms with Crippen LogP contribution < -0.4 is 10.5 Å². The van der Waals surface area contributed by atoms with Gasteiger partial charge in [0.15, 0.2) is 0 Å². The minimum Gasteiger partial charge on any atom is -0.496 e. The van der Waals surface area contributed by atoms with Crippen molar-refractivity contribution < 1.29 is 4.74 Å². The third kappa shape index (κ3) is 3.22. The highest BCUT2D eigenvalue weighted by Gasteiger charge is 2.14. The molecule has 0 aliphatic heterocycles. The number of hydrogen-bond acceptors (Lipinski definition) is 2. The quantitative estimate of drug-likeness (QED) is 0.885. The number of halogens is 1. The van der Waals surface area contributed by atoms with Crippen molar-refractivity contribution >= 4 is 15.9 Å². The average Bonchev–Trinajstić information content (AvgIpc) is 2.46. The molecule has 0 saturated carbocycles. The molecule has 0 spiro atoms. The monoisotopic (exact) mass is 333 g/mol. The standard InChI is InChI=1S/C17H20BrNO/c1-11(2)12-4-6-13(7-5-12)17(19)15-10-14(18)8-9-16(15)20-3/h4-11,17H,19H2,1-3H3.